The molecule has 70 valence electrons. The van der Waals surface area contributed by atoms with Gasteiger partial charge in [0.05, 0.1) is 0 Å². The number of halogens is 1. The number of H-pyrrole nitrogens is 1. The fourth-order valence-electron chi connectivity index (χ4n) is 1.85. The summed E-state index contributed by atoms with van der Waals surface area (Å²) in [5, 5.41) is 8.64. The van der Waals surface area contributed by atoms with Crippen molar-refractivity contribution in [3.63, 3.8) is 0 Å². The van der Waals surface area contributed by atoms with E-state index in [2.05, 4.69) is 4.98 Å². The van der Waals surface area contributed by atoms with Gasteiger partial charge in [-0.15, -0.1) is 0 Å². The Hall–Kier alpha value is -1.32. The van der Waals surface area contributed by atoms with E-state index in [9.17, 15) is 9.18 Å². The van der Waals surface area contributed by atoms with Crippen molar-refractivity contribution < 1.29 is 14.3 Å². The van der Waals surface area contributed by atoms with Gasteiger partial charge in [0.1, 0.15) is 0 Å². The van der Waals surface area contributed by atoms with Gasteiger partial charge in [-0.2, -0.15) is 0 Å². The van der Waals surface area contributed by atoms with Crippen LogP contribution < -0.4 is 0 Å². The molecule has 0 fully saturated rings. The van der Waals surface area contributed by atoms with Crippen LogP contribution in [-0.4, -0.2) is 16.1 Å². The Labute approximate surface area is 74.6 Å². The van der Waals surface area contributed by atoms with Gasteiger partial charge in [-0.25, -0.2) is 9.18 Å². The van der Waals surface area contributed by atoms with Gasteiger partial charge < -0.3 is 10.1 Å². The van der Waals surface area contributed by atoms with E-state index in [0.29, 0.717) is 12.0 Å². The molecule has 1 aliphatic rings. The SMILES string of the molecule is C[C@@H]1CCc2c1[nH]c(C(=O)O)c2F. The molecule has 1 aliphatic carbocycles. The van der Waals surface area contributed by atoms with Crippen LogP contribution in [0.1, 0.15) is 41.0 Å². The number of aromatic amines is 1. The largest absolute Gasteiger partial charge is 0.476 e. The summed E-state index contributed by atoms with van der Waals surface area (Å²) in [5.41, 5.74) is 1.02. The Morgan fingerprint density at radius 2 is 2.38 bits per heavy atom. The monoisotopic (exact) mass is 183 g/mol. The molecule has 1 aromatic rings. The number of aromatic carboxylic acids is 1. The number of hydrogen-bond acceptors (Lipinski definition) is 1. The second-order valence-electron chi connectivity index (χ2n) is 3.45. The third kappa shape index (κ3) is 1.05. The molecule has 3 nitrogen and oxygen atoms in total. The van der Waals surface area contributed by atoms with Crippen molar-refractivity contribution in [2.75, 3.05) is 0 Å². The third-order valence-electron chi connectivity index (χ3n) is 2.60. The van der Waals surface area contributed by atoms with E-state index in [1.54, 1.807) is 0 Å². The molecule has 13 heavy (non-hydrogen) atoms. The number of hydrogen-bond donors (Lipinski definition) is 2. The van der Waals surface area contributed by atoms with Crippen LogP contribution >= 0.6 is 0 Å². The van der Waals surface area contributed by atoms with Gasteiger partial charge >= 0.3 is 5.97 Å². The summed E-state index contributed by atoms with van der Waals surface area (Å²) in [6, 6.07) is 0. The molecular weight excluding hydrogens is 173 g/mol. The fourth-order valence-corrected chi connectivity index (χ4v) is 1.85. The van der Waals surface area contributed by atoms with Gasteiger partial charge in [-0.05, 0) is 18.8 Å². The van der Waals surface area contributed by atoms with Gasteiger partial charge in [0.2, 0.25) is 0 Å². The lowest BCUT2D eigenvalue weighted by Gasteiger charge is -1.98. The minimum Gasteiger partial charge on any atom is -0.476 e. The lowest BCUT2D eigenvalue weighted by Crippen LogP contribution is -2.01. The first-order valence-electron chi connectivity index (χ1n) is 4.24. The van der Waals surface area contributed by atoms with Crippen molar-refractivity contribution >= 4 is 5.97 Å². The van der Waals surface area contributed by atoms with Crippen molar-refractivity contribution in [2.24, 2.45) is 0 Å². The summed E-state index contributed by atoms with van der Waals surface area (Å²) in [7, 11) is 0. The number of nitrogens with one attached hydrogen (secondary N) is 1. The molecule has 0 unspecified atom stereocenters. The molecule has 4 heteroatoms. The Kier molecular flexibility index (Phi) is 1.65. The number of carboxylic acids is 1. The molecule has 2 N–H and O–H groups in total. The van der Waals surface area contributed by atoms with E-state index in [-0.39, 0.29) is 11.6 Å². The summed E-state index contributed by atoms with van der Waals surface area (Å²) in [6.45, 7) is 1.97. The Bertz CT molecular complexity index is 370. The Balaban J connectivity index is 2.55. The first-order chi connectivity index (χ1) is 6.11. The van der Waals surface area contributed by atoms with E-state index in [1.807, 2.05) is 6.92 Å². The number of carbonyl (C=O) groups is 1. The van der Waals surface area contributed by atoms with Crippen LogP contribution in [0.25, 0.3) is 0 Å². The highest BCUT2D eigenvalue weighted by atomic mass is 19.1. The minimum atomic E-state index is -1.22. The summed E-state index contributed by atoms with van der Waals surface area (Å²) in [6.07, 6.45) is 1.55. The fraction of sp³-hybridized carbons (Fsp3) is 0.444. The molecule has 0 aliphatic heterocycles. The number of carboxylic acid groups (broad SMARTS) is 1. The molecule has 0 radical (unpaired) electrons. The maximum Gasteiger partial charge on any atom is 0.355 e. The second-order valence-corrected chi connectivity index (χ2v) is 3.45. The van der Waals surface area contributed by atoms with Gasteiger partial charge in [0.15, 0.2) is 11.5 Å². The first-order valence-corrected chi connectivity index (χ1v) is 4.24. The average molecular weight is 183 g/mol. The van der Waals surface area contributed by atoms with E-state index < -0.39 is 11.8 Å². The summed E-state index contributed by atoms with van der Waals surface area (Å²) >= 11 is 0. The van der Waals surface area contributed by atoms with Gasteiger partial charge in [-0.1, -0.05) is 6.92 Å². The normalized spacial score (nSPS) is 20.3. The zero-order valence-electron chi connectivity index (χ0n) is 7.22. The molecule has 0 saturated carbocycles. The molecule has 0 aromatic carbocycles. The predicted octanol–water partition coefficient (Wildman–Crippen LogP) is 1.90. The molecule has 1 heterocycles. The predicted molar refractivity (Wildman–Crippen MR) is 44.4 cm³/mol. The second kappa shape index (κ2) is 2.58. The topological polar surface area (TPSA) is 53.1 Å². The highest BCUT2D eigenvalue weighted by Crippen LogP contribution is 2.34. The molecule has 0 saturated heterocycles. The summed E-state index contributed by atoms with van der Waals surface area (Å²) in [5.74, 6) is -1.55. The minimum absolute atomic E-state index is 0.248. The van der Waals surface area contributed by atoms with Crippen LogP contribution in [-0.2, 0) is 6.42 Å². The lowest BCUT2D eigenvalue weighted by molar-refractivity contribution is 0.0685. The lowest BCUT2D eigenvalue weighted by atomic mass is 10.1. The average Bonchev–Trinajstić information content (AvgIpc) is 2.55. The Morgan fingerprint density at radius 1 is 1.69 bits per heavy atom. The smallest absolute Gasteiger partial charge is 0.355 e. The summed E-state index contributed by atoms with van der Waals surface area (Å²) in [4.78, 5) is 13.2. The summed E-state index contributed by atoms with van der Waals surface area (Å²) < 4.78 is 13.3. The highest BCUT2D eigenvalue weighted by molar-refractivity contribution is 5.86. The van der Waals surface area contributed by atoms with Crippen molar-refractivity contribution in [3.8, 4) is 0 Å². The molecule has 0 amide bonds. The number of rotatable bonds is 1. The van der Waals surface area contributed by atoms with Crippen molar-refractivity contribution in [2.45, 2.75) is 25.7 Å². The standard InChI is InChI=1S/C9H10FNO2/c1-4-2-3-5-6(10)8(9(12)13)11-7(4)5/h4,11H,2-3H2,1H3,(H,12,13)/t4-/m1/s1. The van der Waals surface area contributed by atoms with Gasteiger partial charge in [0, 0.05) is 11.3 Å². The van der Waals surface area contributed by atoms with E-state index in [0.717, 1.165) is 12.1 Å². The van der Waals surface area contributed by atoms with Crippen molar-refractivity contribution in [1.82, 2.24) is 4.98 Å². The van der Waals surface area contributed by atoms with Crippen LogP contribution in [0.4, 0.5) is 4.39 Å². The molecular formula is C9H10FNO2. The van der Waals surface area contributed by atoms with Crippen molar-refractivity contribution in [3.05, 3.63) is 22.8 Å². The Morgan fingerprint density at radius 3 is 2.92 bits per heavy atom. The number of aromatic nitrogens is 1. The zero-order chi connectivity index (χ0) is 9.59. The van der Waals surface area contributed by atoms with Crippen LogP contribution in [0.5, 0.6) is 0 Å². The maximum absolute atomic E-state index is 13.3. The number of fused-ring (bicyclic) bond motifs is 1. The van der Waals surface area contributed by atoms with Crippen LogP contribution in [0.3, 0.4) is 0 Å². The molecule has 0 spiro atoms. The van der Waals surface area contributed by atoms with Gasteiger partial charge in [-0.3, -0.25) is 0 Å². The van der Waals surface area contributed by atoms with Crippen LogP contribution in [0, 0.1) is 5.82 Å². The van der Waals surface area contributed by atoms with Crippen LogP contribution in [0.15, 0.2) is 0 Å². The molecule has 1 atom stereocenters. The molecule has 0 bridgehead atoms. The molecule has 2 rings (SSSR count). The van der Waals surface area contributed by atoms with E-state index in [4.69, 9.17) is 5.11 Å². The zero-order valence-corrected chi connectivity index (χ0v) is 7.22. The van der Waals surface area contributed by atoms with E-state index in [1.165, 1.54) is 0 Å². The highest BCUT2D eigenvalue weighted by Gasteiger charge is 2.28. The van der Waals surface area contributed by atoms with Crippen LogP contribution in [0.2, 0.25) is 0 Å². The first kappa shape index (κ1) is 8.29. The quantitative estimate of drug-likeness (QED) is 0.698. The van der Waals surface area contributed by atoms with E-state index >= 15 is 0 Å². The third-order valence-corrected chi connectivity index (χ3v) is 2.60. The van der Waals surface area contributed by atoms with Crippen molar-refractivity contribution in [1.29, 1.82) is 0 Å². The maximum atomic E-state index is 13.3. The molecule has 1 aromatic heterocycles. The van der Waals surface area contributed by atoms with Gasteiger partial charge in [0.25, 0.3) is 0 Å².